The van der Waals surface area contributed by atoms with E-state index in [1.807, 2.05) is 23.6 Å². The molecule has 2 heterocycles. The quantitative estimate of drug-likeness (QED) is 0.463. The van der Waals surface area contributed by atoms with Gasteiger partial charge in [0.1, 0.15) is 0 Å². The van der Waals surface area contributed by atoms with Crippen LogP contribution in [0.5, 0.6) is 0 Å². The fourth-order valence-electron chi connectivity index (χ4n) is 1.45. The SMILES string of the molecule is C=CCC(C(=O)c1cccs1)=C1SCCS1. The molecule has 0 amide bonds. The van der Waals surface area contributed by atoms with Gasteiger partial charge in [-0.05, 0) is 17.9 Å². The Kier molecular flexibility index (Phi) is 4.32. The van der Waals surface area contributed by atoms with E-state index in [1.54, 1.807) is 23.5 Å². The van der Waals surface area contributed by atoms with Crippen molar-refractivity contribution in [1.82, 2.24) is 0 Å². The second-order valence-electron chi connectivity index (χ2n) is 3.26. The molecule has 2 rings (SSSR count). The van der Waals surface area contributed by atoms with Crippen LogP contribution in [0.4, 0.5) is 0 Å². The van der Waals surface area contributed by atoms with Crippen molar-refractivity contribution in [3.63, 3.8) is 0 Å². The monoisotopic (exact) mass is 268 g/mol. The average molecular weight is 268 g/mol. The molecule has 1 saturated heterocycles. The third-order valence-corrected chi connectivity index (χ3v) is 5.83. The highest BCUT2D eigenvalue weighted by Crippen LogP contribution is 2.40. The number of hydrogen-bond donors (Lipinski definition) is 0. The maximum absolute atomic E-state index is 12.3. The van der Waals surface area contributed by atoms with Crippen molar-refractivity contribution in [3.8, 4) is 0 Å². The van der Waals surface area contributed by atoms with Crippen molar-refractivity contribution in [2.75, 3.05) is 11.5 Å². The van der Waals surface area contributed by atoms with Crippen LogP contribution in [-0.4, -0.2) is 17.3 Å². The Morgan fingerprint density at radius 1 is 1.44 bits per heavy atom. The van der Waals surface area contributed by atoms with E-state index < -0.39 is 0 Å². The summed E-state index contributed by atoms with van der Waals surface area (Å²) in [5, 5.41) is 1.94. The lowest BCUT2D eigenvalue weighted by atomic mass is 10.1. The first-order chi connectivity index (χ1) is 7.83. The van der Waals surface area contributed by atoms with E-state index in [4.69, 9.17) is 0 Å². The van der Waals surface area contributed by atoms with Gasteiger partial charge in [-0.25, -0.2) is 0 Å². The zero-order valence-corrected chi connectivity index (χ0v) is 11.2. The molecule has 0 unspecified atom stereocenters. The first kappa shape index (κ1) is 12.0. The third kappa shape index (κ3) is 2.62. The Balaban J connectivity index is 2.29. The molecule has 1 aromatic heterocycles. The van der Waals surface area contributed by atoms with Gasteiger partial charge in [-0.2, -0.15) is 0 Å². The molecule has 0 saturated carbocycles. The molecule has 1 aliphatic rings. The average Bonchev–Trinajstić information content (AvgIpc) is 2.96. The summed E-state index contributed by atoms with van der Waals surface area (Å²) >= 11 is 5.10. The predicted octanol–water partition coefficient (Wildman–Crippen LogP) is 4.20. The Morgan fingerprint density at radius 3 is 2.75 bits per heavy atom. The molecule has 1 nitrogen and oxygen atoms in total. The second kappa shape index (κ2) is 5.75. The van der Waals surface area contributed by atoms with E-state index in [0.717, 1.165) is 22.0 Å². The van der Waals surface area contributed by atoms with Crippen molar-refractivity contribution in [3.05, 3.63) is 44.9 Å². The molecule has 0 atom stereocenters. The number of thioether (sulfide) groups is 2. The molecule has 1 aromatic rings. The fourth-order valence-corrected chi connectivity index (χ4v) is 4.72. The lowest BCUT2D eigenvalue weighted by Crippen LogP contribution is -2.01. The van der Waals surface area contributed by atoms with Gasteiger partial charge in [0.05, 0.1) is 4.88 Å². The van der Waals surface area contributed by atoms with Crippen LogP contribution in [0.1, 0.15) is 16.1 Å². The summed E-state index contributed by atoms with van der Waals surface area (Å²) < 4.78 is 1.19. The van der Waals surface area contributed by atoms with Gasteiger partial charge in [-0.1, -0.05) is 12.1 Å². The molecule has 0 N–H and O–H groups in total. The molecule has 1 aliphatic heterocycles. The van der Waals surface area contributed by atoms with Gasteiger partial charge in [-0.15, -0.1) is 41.4 Å². The molecule has 0 radical (unpaired) electrons. The Bertz CT molecular complexity index is 409. The summed E-state index contributed by atoms with van der Waals surface area (Å²) in [4.78, 5) is 13.1. The van der Waals surface area contributed by atoms with Crippen molar-refractivity contribution in [2.45, 2.75) is 6.42 Å². The maximum Gasteiger partial charge on any atom is 0.200 e. The highest BCUT2D eigenvalue weighted by Gasteiger charge is 2.20. The fraction of sp³-hybridized carbons (Fsp3) is 0.250. The van der Waals surface area contributed by atoms with Crippen LogP contribution in [-0.2, 0) is 0 Å². The van der Waals surface area contributed by atoms with E-state index in [0.29, 0.717) is 6.42 Å². The number of carbonyl (C=O) groups excluding carboxylic acids is 1. The molecule has 84 valence electrons. The first-order valence-corrected chi connectivity index (χ1v) is 7.86. The molecule has 4 heteroatoms. The molecule has 16 heavy (non-hydrogen) atoms. The number of rotatable bonds is 4. The first-order valence-electron chi connectivity index (χ1n) is 5.00. The van der Waals surface area contributed by atoms with Crippen LogP contribution in [0.2, 0.25) is 0 Å². The summed E-state index contributed by atoms with van der Waals surface area (Å²) in [6.45, 7) is 3.73. The molecule has 1 fully saturated rings. The van der Waals surface area contributed by atoms with Crippen LogP contribution >= 0.6 is 34.9 Å². The third-order valence-electron chi connectivity index (χ3n) is 2.16. The summed E-state index contributed by atoms with van der Waals surface area (Å²) in [6.07, 6.45) is 2.49. The highest BCUT2D eigenvalue weighted by atomic mass is 32.2. The summed E-state index contributed by atoms with van der Waals surface area (Å²) in [7, 11) is 0. The van der Waals surface area contributed by atoms with Crippen LogP contribution in [0.15, 0.2) is 40.0 Å². The number of Topliss-reactive ketones (excluding diaryl/α,β-unsaturated/α-hetero) is 1. The van der Waals surface area contributed by atoms with Gasteiger partial charge in [0.25, 0.3) is 0 Å². The van der Waals surface area contributed by atoms with Crippen LogP contribution in [0.3, 0.4) is 0 Å². The molecule has 0 aromatic carbocycles. The topological polar surface area (TPSA) is 17.1 Å². The Morgan fingerprint density at radius 2 is 2.19 bits per heavy atom. The van der Waals surface area contributed by atoms with E-state index in [1.165, 1.54) is 15.6 Å². The zero-order valence-electron chi connectivity index (χ0n) is 8.77. The summed E-state index contributed by atoms with van der Waals surface area (Å²) in [6, 6.07) is 3.81. The summed E-state index contributed by atoms with van der Waals surface area (Å²) in [5.41, 5.74) is 0.921. The molecular weight excluding hydrogens is 256 g/mol. The van der Waals surface area contributed by atoms with E-state index in [9.17, 15) is 4.79 Å². The van der Waals surface area contributed by atoms with Crippen LogP contribution in [0, 0.1) is 0 Å². The Labute approximate surface area is 108 Å². The molecular formula is C12H12OS3. The number of carbonyl (C=O) groups is 1. The minimum absolute atomic E-state index is 0.173. The molecule has 0 aliphatic carbocycles. The minimum atomic E-state index is 0.173. The van der Waals surface area contributed by atoms with E-state index >= 15 is 0 Å². The van der Waals surface area contributed by atoms with Gasteiger partial charge in [0, 0.05) is 21.3 Å². The lowest BCUT2D eigenvalue weighted by molar-refractivity contribution is 0.103. The van der Waals surface area contributed by atoms with Crippen molar-refractivity contribution in [1.29, 1.82) is 0 Å². The number of hydrogen-bond acceptors (Lipinski definition) is 4. The van der Waals surface area contributed by atoms with Gasteiger partial charge >= 0.3 is 0 Å². The predicted molar refractivity (Wildman–Crippen MR) is 75.4 cm³/mol. The number of ketones is 1. The lowest BCUT2D eigenvalue weighted by Gasteiger charge is -2.05. The molecule has 0 spiro atoms. The highest BCUT2D eigenvalue weighted by molar-refractivity contribution is 8.25. The van der Waals surface area contributed by atoms with Crippen LogP contribution in [0.25, 0.3) is 0 Å². The van der Waals surface area contributed by atoms with E-state index in [2.05, 4.69) is 6.58 Å². The van der Waals surface area contributed by atoms with Gasteiger partial charge in [-0.3, -0.25) is 4.79 Å². The van der Waals surface area contributed by atoms with Crippen LogP contribution < -0.4 is 0 Å². The van der Waals surface area contributed by atoms with E-state index in [-0.39, 0.29) is 5.78 Å². The number of thiophene rings is 1. The second-order valence-corrected chi connectivity index (χ2v) is 6.68. The maximum atomic E-state index is 12.3. The van der Waals surface area contributed by atoms with Crippen molar-refractivity contribution in [2.24, 2.45) is 0 Å². The molecule has 0 bridgehead atoms. The summed E-state index contributed by atoms with van der Waals surface area (Å²) in [5.74, 6) is 2.39. The van der Waals surface area contributed by atoms with Crippen molar-refractivity contribution >= 4 is 40.6 Å². The zero-order chi connectivity index (χ0) is 11.4. The van der Waals surface area contributed by atoms with Crippen molar-refractivity contribution < 1.29 is 4.79 Å². The largest absolute Gasteiger partial charge is 0.288 e. The minimum Gasteiger partial charge on any atom is -0.288 e. The van der Waals surface area contributed by atoms with Gasteiger partial charge in [0.2, 0.25) is 5.78 Å². The van der Waals surface area contributed by atoms with Gasteiger partial charge in [0.15, 0.2) is 0 Å². The number of allylic oxidation sites excluding steroid dienone is 2. The Hall–Kier alpha value is -0.450. The standard InChI is InChI=1S/C12H12OS3/c1-2-4-9(12-15-7-8-16-12)11(13)10-5-3-6-14-10/h2-3,5-6H,1,4,7-8H2. The smallest absolute Gasteiger partial charge is 0.200 e. The van der Waals surface area contributed by atoms with Gasteiger partial charge < -0.3 is 0 Å². The normalized spacial score (nSPS) is 15.1.